The largest absolute Gasteiger partial charge is 0.394 e. The van der Waals surface area contributed by atoms with Crippen LogP contribution in [0.1, 0.15) is 24.4 Å². The van der Waals surface area contributed by atoms with Crippen molar-refractivity contribution in [3.05, 3.63) is 34.3 Å². The molecule has 2 rings (SSSR count). The molecule has 0 aromatic heterocycles. The highest BCUT2D eigenvalue weighted by Crippen LogP contribution is 2.23. The normalized spacial score (nSPS) is 21.6. The molecule has 0 spiro atoms. The summed E-state index contributed by atoms with van der Waals surface area (Å²) < 4.78 is 6.58. The molecule has 0 aliphatic carbocycles. The topological polar surface area (TPSA) is 41.5 Å². The van der Waals surface area contributed by atoms with Gasteiger partial charge in [-0.2, -0.15) is 0 Å². The van der Waals surface area contributed by atoms with E-state index >= 15 is 0 Å². The van der Waals surface area contributed by atoms with Crippen molar-refractivity contribution in [3.63, 3.8) is 0 Å². The van der Waals surface area contributed by atoms with Crippen LogP contribution in [0.25, 0.3) is 0 Å². The summed E-state index contributed by atoms with van der Waals surface area (Å²) in [6, 6.07) is 7.94. The van der Waals surface area contributed by atoms with Crippen molar-refractivity contribution in [2.24, 2.45) is 0 Å². The van der Waals surface area contributed by atoms with Crippen LogP contribution in [0.2, 0.25) is 0 Å². The van der Waals surface area contributed by atoms with Crippen LogP contribution in [0.15, 0.2) is 28.7 Å². The Balaban J connectivity index is 1.94. The minimum atomic E-state index is -0.0326. The third-order valence-electron chi connectivity index (χ3n) is 3.08. The van der Waals surface area contributed by atoms with E-state index in [0.717, 1.165) is 36.0 Å². The van der Waals surface area contributed by atoms with Gasteiger partial charge in [0.2, 0.25) is 0 Å². The number of hydrogen-bond donors (Lipinski definition) is 2. The van der Waals surface area contributed by atoms with Crippen molar-refractivity contribution in [2.45, 2.75) is 25.0 Å². The van der Waals surface area contributed by atoms with Gasteiger partial charge >= 0.3 is 0 Å². The van der Waals surface area contributed by atoms with Gasteiger partial charge in [-0.15, -0.1) is 0 Å². The smallest absolute Gasteiger partial charge is 0.0700 e. The lowest BCUT2D eigenvalue weighted by molar-refractivity contribution is 0.104. The predicted molar refractivity (Wildman–Crippen MR) is 70.9 cm³/mol. The lowest BCUT2D eigenvalue weighted by Gasteiger charge is -2.20. The van der Waals surface area contributed by atoms with Crippen molar-refractivity contribution in [1.82, 2.24) is 5.32 Å². The van der Waals surface area contributed by atoms with Gasteiger partial charge in [-0.25, -0.2) is 0 Å². The summed E-state index contributed by atoms with van der Waals surface area (Å²) in [6.45, 7) is 1.76. The van der Waals surface area contributed by atoms with Gasteiger partial charge in [0.25, 0.3) is 0 Å². The number of halogens is 1. The van der Waals surface area contributed by atoms with E-state index in [1.165, 1.54) is 0 Å². The van der Waals surface area contributed by atoms with Crippen LogP contribution in [0.3, 0.4) is 0 Å². The molecule has 1 saturated heterocycles. The first-order chi connectivity index (χ1) is 8.31. The number of nitrogens with one attached hydrogen (secondary N) is 1. The molecule has 2 unspecified atom stereocenters. The summed E-state index contributed by atoms with van der Waals surface area (Å²) in [5.41, 5.74) is 1.09. The summed E-state index contributed by atoms with van der Waals surface area (Å²) in [5, 5.41) is 12.8. The number of aliphatic hydroxyl groups excluding tert-OH is 1. The van der Waals surface area contributed by atoms with Gasteiger partial charge in [-0.3, -0.25) is 0 Å². The molecular weight excluding hydrogens is 282 g/mol. The van der Waals surface area contributed by atoms with Crippen LogP contribution in [-0.2, 0) is 4.74 Å². The number of benzene rings is 1. The second-order valence-electron chi connectivity index (χ2n) is 4.30. The molecule has 0 radical (unpaired) electrons. The van der Waals surface area contributed by atoms with E-state index in [1.807, 2.05) is 24.3 Å². The highest BCUT2D eigenvalue weighted by Gasteiger charge is 2.18. The quantitative estimate of drug-likeness (QED) is 0.876. The number of aliphatic hydroxyl groups is 1. The van der Waals surface area contributed by atoms with Gasteiger partial charge in [0.05, 0.1) is 18.8 Å². The Morgan fingerprint density at radius 2 is 2.29 bits per heavy atom. The summed E-state index contributed by atoms with van der Waals surface area (Å²) in [5.74, 6) is 0. The van der Waals surface area contributed by atoms with E-state index in [1.54, 1.807) is 0 Å². The zero-order valence-electron chi connectivity index (χ0n) is 9.73. The third-order valence-corrected chi connectivity index (χ3v) is 3.80. The summed E-state index contributed by atoms with van der Waals surface area (Å²) in [7, 11) is 0. The summed E-state index contributed by atoms with van der Waals surface area (Å²) in [4.78, 5) is 0. The van der Waals surface area contributed by atoms with Crippen molar-refractivity contribution < 1.29 is 9.84 Å². The van der Waals surface area contributed by atoms with Gasteiger partial charge in [0.1, 0.15) is 0 Å². The fourth-order valence-electron chi connectivity index (χ4n) is 2.11. The molecule has 0 bridgehead atoms. The predicted octanol–water partition coefficient (Wildman–Crippen LogP) is 2.25. The first-order valence-corrected chi connectivity index (χ1v) is 6.81. The van der Waals surface area contributed by atoms with Crippen molar-refractivity contribution in [3.8, 4) is 0 Å². The first-order valence-electron chi connectivity index (χ1n) is 6.01. The molecule has 2 N–H and O–H groups in total. The maximum absolute atomic E-state index is 9.45. The Morgan fingerprint density at radius 3 is 2.94 bits per heavy atom. The van der Waals surface area contributed by atoms with E-state index < -0.39 is 0 Å². The van der Waals surface area contributed by atoms with E-state index in [4.69, 9.17) is 4.74 Å². The molecule has 1 aromatic carbocycles. The molecule has 0 saturated carbocycles. The number of ether oxygens (including phenoxy) is 1. The van der Waals surface area contributed by atoms with Crippen LogP contribution in [0.5, 0.6) is 0 Å². The lowest BCUT2D eigenvalue weighted by Crippen LogP contribution is -2.32. The highest BCUT2D eigenvalue weighted by molar-refractivity contribution is 9.10. The van der Waals surface area contributed by atoms with E-state index in [2.05, 4.69) is 21.2 Å². The Bertz CT molecular complexity index is 353. The van der Waals surface area contributed by atoms with Crippen LogP contribution < -0.4 is 5.32 Å². The lowest BCUT2D eigenvalue weighted by atomic mass is 10.1. The zero-order chi connectivity index (χ0) is 12.1. The average molecular weight is 300 g/mol. The van der Waals surface area contributed by atoms with Crippen LogP contribution in [-0.4, -0.2) is 31.0 Å². The zero-order valence-corrected chi connectivity index (χ0v) is 11.3. The Hall–Kier alpha value is -0.420. The number of rotatable bonds is 5. The molecule has 1 aromatic rings. The molecule has 1 aliphatic heterocycles. The standard InChI is InChI=1S/C13H18BrNO2/c14-12-6-2-1-5-11(12)13(9-16)15-8-10-4-3-7-17-10/h1-2,5-6,10,13,15-16H,3-4,7-9H2. The second-order valence-corrected chi connectivity index (χ2v) is 5.15. The van der Waals surface area contributed by atoms with E-state index in [0.29, 0.717) is 6.10 Å². The molecule has 1 aliphatic rings. The van der Waals surface area contributed by atoms with E-state index in [9.17, 15) is 5.11 Å². The molecule has 0 amide bonds. The third kappa shape index (κ3) is 3.52. The molecular formula is C13H18BrNO2. The Labute approximate surface area is 110 Å². The number of hydrogen-bond acceptors (Lipinski definition) is 3. The SMILES string of the molecule is OCC(NCC1CCCO1)c1ccccc1Br. The van der Waals surface area contributed by atoms with Gasteiger partial charge in [-0.05, 0) is 24.5 Å². The van der Waals surface area contributed by atoms with Gasteiger partial charge in [0.15, 0.2) is 0 Å². The monoisotopic (exact) mass is 299 g/mol. The molecule has 3 nitrogen and oxygen atoms in total. The minimum Gasteiger partial charge on any atom is -0.394 e. The van der Waals surface area contributed by atoms with Gasteiger partial charge in [-0.1, -0.05) is 34.1 Å². The van der Waals surface area contributed by atoms with Crippen LogP contribution in [0, 0.1) is 0 Å². The Morgan fingerprint density at radius 1 is 1.47 bits per heavy atom. The van der Waals surface area contributed by atoms with Crippen LogP contribution in [0.4, 0.5) is 0 Å². The second kappa shape index (κ2) is 6.50. The van der Waals surface area contributed by atoms with Gasteiger partial charge in [0, 0.05) is 17.6 Å². The molecule has 17 heavy (non-hydrogen) atoms. The van der Waals surface area contributed by atoms with Crippen molar-refractivity contribution in [2.75, 3.05) is 19.8 Å². The molecule has 1 heterocycles. The Kier molecular flexibility index (Phi) is 4.98. The highest BCUT2D eigenvalue weighted by atomic mass is 79.9. The fourth-order valence-corrected chi connectivity index (χ4v) is 2.67. The molecule has 4 heteroatoms. The molecule has 1 fully saturated rings. The summed E-state index contributed by atoms with van der Waals surface area (Å²) in [6.07, 6.45) is 2.55. The van der Waals surface area contributed by atoms with E-state index in [-0.39, 0.29) is 12.6 Å². The summed E-state index contributed by atoms with van der Waals surface area (Å²) >= 11 is 3.51. The van der Waals surface area contributed by atoms with Gasteiger partial charge < -0.3 is 15.2 Å². The van der Waals surface area contributed by atoms with Crippen LogP contribution >= 0.6 is 15.9 Å². The molecule has 2 atom stereocenters. The van der Waals surface area contributed by atoms with Crippen molar-refractivity contribution in [1.29, 1.82) is 0 Å². The first kappa shape index (κ1) is 13.0. The minimum absolute atomic E-state index is 0.0326. The average Bonchev–Trinajstić information content (AvgIpc) is 2.85. The van der Waals surface area contributed by atoms with Crippen molar-refractivity contribution >= 4 is 15.9 Å². The maximum Gasteiger partial charge on any atom is 0.0700 e. The fraction of sp³-hybridized carbons (Fsp3) is 0.538. The molecule has 94 valence electrons. The maximum atomic E-state index is 9.45.